The Labute approximate surface area is 119 Å². The van der Waals surface area contributed by atoms with E-state index in [0.29, 0.717) is 0 Å². The highest BCUT2D eigenvalue weighted by molar-refractivity contribution is 14.1. The van der Waals surface area contributed by atoms with E-state index in [1.54, 1.807) is 13.3 Å². The standard InChI is InChI=1S/C14H11IN2O/c1-18-12-8-13(10-2-4-11(15)5-3-10)14-16-6-7-17(14)9-12/h2-9H,1H3. The van der Waals surface area contributed by atoms with Gasteiger partial charge in [-0.1, -0.05) is 12.1 Å². The highest BCUT2D eigenvalue weighted by Crippen LogP contribution is 2.28. The highest BCUT2D eigenvalue weighted by atomic mass is 127. The minimum absolute atomic E-state index is 0.828. The lowest BCUT2D eigenvalue weighted by atomic mass is 10.1. The van der Waals surface area contributed by atoms with Crippen molar-refractivity contribution in [2.75, 3.05) is 7.11 Å². The molecule has 3 rings (SSSR count). The van der Waals surface area contributed by atoms with Gasteiger partial charge in [-0.3, -0.25) is 0 Å². The Balaban J connectivity index is 2.26. The molecule has 4 heteroatoms. The Hall–Kier alpha value is -1.56. The SMILES string of the molecule is COc1cc(-c2ccc(I)cc2)c2nccn2c1. The van der Waals surface area contributed by atoms with E-state index in [9.17, 15) is 0 Å². The van der Waals surface area contributed by atoms with Gasteiger partial charge in [0.2, 0.25) is 0 Å². The van der Waals surface area contributed by atoms with Crippen LogP contribution in [0.25, 0.3) is 16.8 Å². The lowest BCUT2D eigenvalue weighted by Crippen LogP contribution is -1.92. The Kier molecular flexibility index (Phi) is 2.95. The van der Waals surface area contributed by atoms with Crippen LogP contribution in [0.4, 0.5) is 0 Å². The molecule has 0 atom stereocenters. The second-order valence-electron chi connectivity index (χ2n) is 3.96. The summed E-state index contributed by atoms with van der Waals surface area (Å²) in [6.45, 7) is 0. The predicted molar refractivity (Wildman–Crippen MR) is 79.9 cm³/mol. The largest absolute Gasteiger partial charge is 0.495 e. The van der Waals surface area contributed by atoms with E-state index < -0.39 is 0 Å². The monoisotopic (exact) mass is 350 g/mol. The van der Waals surface area contributed by atoms with Gasteiger partial charge in [0.15, 0.2) is 0 Å². The third kappa shape index (κ3) is 1.96. The second-order valence-corrected chi connectivity index (χ2v) is 5.20. The van der Waals surface area contributed by atoms with Crippen molar-refractivity contribution < 1.29 is 4.74 Å². The van der Waals surface area contributed by atoms with E-state index in [0.717, 1.165) is 22.5 Å². The van der Waals surface area contributed by atoms with Crippen LogP contribution in [0.1, 0.15) is 0 Å². The molecule has 0 aliphatic rings. The molecular weight excluding hydrogens is 339 g/mol. The van der Waals surface area contributed by atoms with E-state index in [2.05, 4.69) is 51.8 Å². The number of imidazole rings is 1. The summed E-state index contributed by atoms with van der Waals surface area (Å²) < 4.78 is 8.53. The molecule has 18 heavy (non-hydrogen) atoms. The molecule has 0 fully saturated rings. The number of fused-ring (bicyclic) bond motifs is 1. The molecule has 2 heterocycles. The molecule has 3 aromatic rings. The summed E-state index contributed by atoms with van der Waals surface area (Å²) in [7, 11) is 1.68. The van der Waals surface area contributed by atoms with Crippen molar-refractivity contribution in [1.29, 1.82) is 0 Å². The molecule has 0 unspecified atom stereocenters. The first-order valence-corrected chi connectivity index (χ1v) is 6.62. The minimum Gasteiger partial charge on any atom is -0.495 e. The molecule has 0 aliphatic heterocycles. The number of ether oxygens (including phenoxy) is 1. The second kappa shape index (κ2) is 4.61. The lowest BCUT2D eigenvalue weighted by molar-refractivity contribution is 0.412. The summed E-state index contributed by atoms with van der Waals surface area (Å²) in [6.07, 6.45) is 5.65. The van der Waals surface area contributed by atoms with E-state index in [1.165, 1.54) is 3.57 Å². The molecule has 0 amide bonds. The normalized spacial score (nSPS) is 10.8. The van der Waals surface area contributed by atoms with Crippen LogP contribution < -0.4 is 4.74 Å². The number of hydrogen-bond donors (Lipinski definition) is 0. The number of aromatic nitrogens is 2. The summed E-state index contributed by atoms with van der Waals surface area (Å²) in [4.78, 5) is 4.40. The van der Waals surface area contributed by atoms with Gasteiger partial charge in [0.05, 0.1) is 13.3 Å². The zero-order valence-corrected chi connectivity index (χ0v) is 12.0. The topological polar surface area (TPSA) is 26.5 Å². The van der Waals surface area contributed by atoms with Crippen LogP contribution in [0, 0.1) is 3.57 Å². The quantitative estimate of drug-likeness (QED) is 0.660. The van der Waals surface area contributed by atoms with Crippen molar-refractivity contribution in [2.45, 2.75) is 0 Å². The summed E-state index contributed by atoms with van der Waals surface area (Å²) in [5.41, 5.74) is 3.17. The fourth-order valence-corrected chi connectivity index (χ4v) is 2.32. The highest BCUT2D eigenvalue weighted by Gasteiger charge is 2.08. The number of nitrogens with zero attached hydrogens (tertiary/aromatic N) is 2. The van der Waals surface area contributed by atoms with Gasteiger partial charge in [0, 0.05) is 21.5 Å². The zero-order valence-electron chi connectivity index (χ0n) is 9.80. The van der Waals surface area contributed by atoms with Crippen LogP contribution >= 0.6 is 22.6 Å². The van der Waals surface area contributed by atoms with Crippen LogP contribution in [0.15, 0.2) is 48.9 Å². The maximum atomic E-state index is 5.33. The first kappa shape index (κ1) is 11.5. The average molecular weight is 350 g/mol. The molecule has 0 saturated heterocycles. The van der Waals surface area contributed by atoms with Gasteiger partial charge in [-0.15, -0.1) is 0 Å². The van der Waals surface area contributed by atoms with Crippen molar-refractivity contribution in [3.05, 3.63) is 52.5 Å². The van der Waals surface area contributed by atoms with Crippen molar-refractivity contribution >= 4 is 28.2 Å². The van der Waals surface area contributed by atoms with Crippen molar-refractivity contribution in [1.82, 2.24) is 9.38 Å². The van der Waals surface area contributed by atoms with Crippen LogP contribution in [0.2, 0.25) is 0 Å². The zero-order chi connectivity index (χ0) is 12.5. The maximum absolute atomic E-state index is 5.33. The summed E-state index contributed by atoms with van der Waals surface area (Å²) in [5.74, 6) is 0.828. The molecule has 1 aromatic carbocycles. The lowest BCUT2D eigenvalue weighted by Gasteiger charge is -2.07. The first-order valence-electron chi connectivity index (χ1n) is 5.54. The van der Waals surface area contributed by atoms with Crippen LogP contribution in [-0.4, -0.2) is 16.5 Å². The molecule has 0 saturated carbocycles. The van der Waals surface area contributed by atoms with E-state index in [4.69, 9.17) is 4.74 Å². The number of methoxy groups -OCH3 is 1. The molecule has 2 aromatic heterocycles. The number of halogens is 1. The fourth-order valence-electron chi connectivity index (χ4n) is 1.96. The molecule has 0 bridgehead atoms. The molecule has 0 spiro atoms. The fraction of sp³-hybridized carbons (Fsp3) is 0.0714. The predicted octanol–water partition coefficient (Wildman–Crippen LogP) is 3.61. The molecular formula is C14H11IN2O. The molecule has 0 aliphatic carbocycles. The number of hydrogen-bond acceptors (Lipinski definition) is 2. The van der Waals surface area contributed by atoms with Crippen molar-refractivity contribution in [2.24, 2.45) is 0 Å². The smallest absolute Gasteiger partial charge is 0.144 e. The van der Waals surface area contributed by atoms with Crippen molar-refractivity contribution in [3.63, 3.8) is 0 Å². The Morgan fingerprint density at radius 3 is 2.72 bits per heavy atom. The molecule has 0 N–H and O–H groups in total. The summed E-state index contributed by atoms with van der Waals surface area (Å²) in [5, 5.41) is 0. The molecule has 0 radical (unpaired) electrons. The van der Waals surface area contributed by atoms with Gasteiger partial charge < -0.3 is 9.14 Å². The minimum atomic E-state index is 0.828. The Bertz CT molecular complexity index is 689. The van der Waals surface area contributed by atoms with Crippen LogP contribution in [-0.2, 0) is 0 Å². The van der Waals surface area contributed by atoms with E-state index >= 15 is 0 Å². The first-order chi connectivity index (χ1) is 8.78. The van der Waals surface area contributed by atoms with Gasteiger partial charge in [0.1, 0.15) is 11.4 Å². The van der Waals surface area contributed by atoms with Gasteiger partial charge in [-0.2, -0.15) is 0 Å². The van der Waals surface area contributed by atoms with E-state index in [1.807, 2.05) is 22.9 Å². The Morgan fingerprint density at radius 1 is 1.22 bits per heavy atom. The van der Waals surface area contributed by atoms with Gasteiger partial charge >= 0.3 is 0 Å². The van der Waals surface area contributed by atoms with Crippen LogP contribution in [0.3, 0.4) is 0 Å². The Morgan fingerprint density at radius 2 is 2.00 bits per heavy atom. The number of benzene rings is 1. The third-order valence-electron chi connectivity index (χ3n) is 2.85. The van der Waals surface area contributed by atoms with Crippen molar-refractivity contribution in [3.8, 4) is 16.9 Å². The van der Waals surface area contributed by atoms with Gasteiger partial charge in [-0.05, 0) is 46.4 Å². The molecule has 3 nitrogen and oxygen atoms in total. The summed E-state index contributed by atoms with van der Waals surface area (Å²) in [6, 6.07) is 10.4. The van der Waals surface area contributed by atoms with E-state index in [-0.39, 0.29) is 0 Å². The van der Waals surface area contributed by atoms with Gasteiger partial charge in [-0.25, -0.2) is 4.98 Å². The number of rotatable bonds is 2. The van der Waals surface area contributed by atoms with Crippen LogP contribution in [0.5, 0.6) is 5.75 Å². The van der Waals surface area contributed by atoms with Gasteiger partial charge in [0.25, 0.3) is 0 Å². The average Bonchev–Trinajstić information content (AvgIpc) is 2.86. The third-order valence-corrected chi connectivity index (χ3v) is 3.57. The summed E-state index contributed by atoms with van der Waals surface area (Å²) >= 11 is 2.30. The molecule has 90 valence electrons. The maximum Gasteiger partial charge on any atom is 0.144 e. The number of pyridine rings is 1.